The highest BCUT2D eigenvalue weighted by molar-refractivity contribution is 5.94. The van der Waals surface area contributed by atoms with Gasteiger partial charge in [-0.15, -0.1) is 0 Å². The second-order valence-corrected chi connectivity index (χ2v) is 4.11. The molecule has 0 aliphatic heterocycles. The fraction of sp³-hybridized carbons (Fsp3) is 0.154. The smallest absolute Gasteiger partial charge is 0.339 e. The van der Waals surface area contributed by atoms with Crippen molar-refractivity contribution in [3.63, 3.8) is 0 Å². The first-order valence-electron chi connectivity index (χ1n) is 5.53. The van der Waals surface area contributed by atoms with Crippen LogP contribution in [-0.2, 0) is 0 Å². The Balaban J connectivity index is 2.68. The molecular weight excluding hydrogens is 249 g/mol. The van der Waals surface area contributed by atoms with Gasteiger partial charge in [-0.3, -0.25) is 0 Å². The first kappa shape index (κ1) is 12.9. The van der Waals surface area contributed by atoms with Crippen LogP contribution in [0.4, 0.5) is 10.3 Å². The van der Waals surface area contributed by atoms with Crippen molar-refractivity contribution in [1.82, 2.24) is 9.97 Å². The van der Waals surface area contributed by atoms with E-state index in [1.807, 2.05) is 0 Å². The fourth-order valence-electron chi connectivity index (χ4n) is 1.60. The molecule has 0 radical (unpaired) electrons. The summed E-state index contributed by atoms with van der Waals surface area (Å²) in [7, 11) is 3.45. The molecule has 2 rings (SSSR count). The van der Waals surface area contributed by atoms with Crippen molar-refractivity contribution < 1.29 is 14.3 Å². The zero-order valence-electron chi connectivity index (χ0n) is 10.5. The minimum Gasteiger partial charge on any atom is -0.478 e. The zero-order valence-corrected chi connectivity index (χ0v) is 10.5. The largest absolute Gasteiger partial charge is 0.478 e. The van der Waals surface area contributed by atoms with Crippen LogP contribution in [0.3, 0.4) is 0 Å². The number of carbonyl (C=O) groups is 1. The summed E-state index contributed by atoms with van der Waals surface area (Å²) in [6, 6.07) is 5.91. The van der Waals surface area contributed by atoms with Crippen molar-refractivity contribution in [1.29, 1.82) is 0 Å². The molecule has 0 aliphatic rings. The van der Waals surface area contributed by atoms with Crippen molar-refractivity contribution in [2.24, 2.45) is 0 Å². The molecule has 0 amide bonds. The number of carboxylic acid groups (broad SMARTS) is 1. The lowest BCUT2D eigenvalue weighted by molar-refractivity contribution is 0.0697. The van der Waals surface area contributed by atoms with E-state index in [-0.39, 0.29) is 16.8 Å². The lowest BCUT2D eigenvalue weighted by Crippen LogP contribution is -2.15. The first-order chi connectivity index (χ1) is 9.00. The second-order valence-electron chi connectivity index (χ2n) is 4.11. The van der Waals surface area contributed by atoms with Gasteiger partial charge in [-0.05, 0) is 12.1 Å². The van der Waals surface area contributed by atoms with Crippen molar-refractivity contribution in [3.8, 4) is 11.3 Å². The summed E-state index contributed by atoms with van der Waals surface area (Å²) in [5, 5.41) is 9.13. The van der Waals surface area contributed by atoms with E-state index in [4.69, 9.17) is 5.11 Å². The molecule has 0 aliphatic carbocycles. The summed E-state index contributed by atoms with van der Waals surface area (Å²) in [5.41, 5.74) is 0.0883. The fourth-order valence-corrected chi connectivity index (χ4v) is 1.60. The Morgan fingerprint density at radius 2 is 2.00 bits per heavy atom. The Labute approximate surface area is 109 Å². The number of rotatable bonds is 3. The van der Waals surface area contributed by atoms with E-state index < -0.39 is 11.8 Å². The highest BCUT2D eigenvalue weighted by Gasteiger charge is 2.18. The average Bonchev–Trinajstić information content (AvgIpc) is 2.38. The van der Waals surface area contributed by atoms with E-state index in [9.17, 15) is 9.18 Å². The summed E-state index contributed by atoms with van der Waals surface area (Å²) >= 11 is 0. The summed E-state index contributed by atoms with van der Waals surface area (Å²) in [6.45, 7) is 0. The lowest BCUT2D eigenvalue weighted by Gasteiger charge is -2.13. The number of carboxylic acids is 1. The van der Waals surface area contributed by atoms with Gasteiger partial charge >= 0.3 is 5.97 Å². The molecule has 19 heavy (non-hydrogen) atoms. The van der Waals surface area contributed by atoms with E-state index in [0.717, 1.165) is 0 Å². The minimum atomic E-state index is -1.19. The standard InChI is InChI=1S/C13H12FN3O2/c1-17(2)13-15-7-9(12(18)19)11(16-13)8-5-3-4-6-10(8)14/h3-7H,1-2H3,(H,18,19). The van der Waals surface area contributed by atoms with E-state index in [0.29, 0.717) is 5.95 Å². The number of halogens is 1. The summed E-state index contributed by atoms with van der Waals surface area (Å²) < 4.78 is 13.8. The molecule has 1 aromatic heterocycles. The maximum Gasteiger partial charge on any atom is 0.339 e. The van der Waals surface area contributed by atoms with Crippen LogP contribution in [0.1, 0.15) is 10.4 Å². The lowest BCUT2D eigenvalue weighted by atomic mass is 10.1. The van der Waals surface area contributed by atoms with Crippen molar-refractivity contribution in [3.05, 3.63) is 41.8 Å². The highest BCUT2D eigenvalue weighted by atomic mass is 19.1. The van der Waals surface area contributed by atoms with Crippen LogP contribution in [0, 0.1) is 5.82 Å². The zero-order chi connectivity index (χ0) is 14.0. The van der Waals surface area contributed by atoms with E-state index in [1.165, 1.54) is 24.4 Å². The number of hydrogen-bond donors (Lipinski definition) is 1. The molecule has 0 saturated carbocycles. The molecule has 1 heterocycles. The Kier molecular flexibility index (Phi) is 3.41. The summed E-state index contributed by atoms with van der Waals surface area (Å²) in [6.07, 6.45) is 1.19. The third kappa shape index (κ3) is 2.52. The Morgan fingerprint density at radius 1 is 1.32 bits per heavy atom. The first-order valence-corrected chi connectivity index (χ1v) is 5.53. The number of aromatic carboxylic acids is 1. The normalized spacial score (nSPS) is 10.3. The number of anilines is 1. The monoisotopic (exact) mass is 261 g/mol. The molecule has 1 aromatic carbocycles. The molecule has 98 valence electrons. The van der Waals surface area contributed by atoms with Gasteiger partial charge in [0.15, 0.2) is 0 Å². The van der Waals surface area contributed by atoms with Crippen LogP contribution in [0.15, 0.2) is 30.5 Å². The van der Waals surface area contributed by atoms with Gasteiger partial charge in [-0.1, -0.05) is 12.1 Å². The van der Waals surface area contributed by atoms with Crippen molar-refractivity contribution >= 4 is 11.9 Å². The van der Waals surface area contributed by atoms with Crippen LogP contribution in [0.2, 0.25) is 0 Å². The summed E-state index contributed by atoms with van der Waals surface area (Å²) in [4.78, 5) is 20.8. The van der Waals surface area contributed by atoms with Crippen LogP contribution >= 0.6 is 0 Å². The Morgan fingerprint density at radius 3 is 2.58 bits per heavy atom. The Hall–Kier alpha value is -2.50. The SMILES string of the molecule is CN(C)c1ncc(C(=O)O)c(-c2ccccc2F)n1. The van der Waals surface area contributed by atoms with Gasteiger partial charge in [0.2, 0.25) is 5.95 Å². The minimum absolute atomic E-state index is 0.0734. The van der Waals surface area contributed by atoms with Crippen LogP contribution in [-0.4, -0.2) is 35.1 Å². The van der Waals surface area contributed by atoms with Crippen molar-refractivity contribution in [2.45, 2.75) is 0 Å². The van der Waals surface area contributed by atoms with Gasteiger partial charge in [0.25, 0.3) is 0 Å². The van der Waals surface area contributed by atoms with E-state index in [1.54, 1.807) is 25.1 Å². The molecule has 6 heteroatoms. The van der Waals surface area contributed by atoms with Gasteiger partial charge in [0.05, 0.1) is 5.69 Å². The third-order valence-corrected chi connectivity index (χ3v) is 2.54. The Bertz CT molecular complexity index is 629. The molecule has 0 bridgehead atoms. The van der Waals surface area contributed by atoms with Gasteiger partial charge in [-0.2, -0.15) is 0 Å². The van der Waals surface area contributed by atoms with Crippen LogP contribution in [0.25, 0.3) is 11.3 Å². The van der Waals surface area contributed by atoms with E-state index >= 15 is 0 Å². The van der Waals surface area contributed by atoms with Crippen LogP contribution in [0.5, 0.6) is 0 Å². The molecule has 5 nitrogen and oxygen atoms in total. The average molecular weight is 261 g/mol. The molecule has 0 unspecified atom stereocenters. The molecule has 1 N–H and O–H groups in total. The molecule has 0 saturated heterocycles. The number of nitrogens with zero attached hydrogens (tertiary/aromatic N) is 3. The van der Waals surface area contributed by atoms with Crippen LogP contribution < -0.4 is 4.90 Å². The number of hydrogen-bond acceptors (Lipinski definition) is 4. The third-order valence-electron chi connectivity index (χ3n) is 2.54. The topological polar surface area (TPSA) is 66.3 Å². The molecule has 0 atom stereocenters. The molecule has 0 fully saturated rings. The summed E-state index contributed by atoms with van der Waals surface area (Å²) in [5.74, 6) is -1.39. The number of aromatic nitrogens is 2. The predicted octanol–water partition coefficient (Wildman–Crippen LogP) is 2.05. The van der Waals surface area contributed by atoms with E-state index in [2.05, 4.69) is 9.97 Å². The van der Waals surface area contributed by atoms with Crippen molar-refractivity contribution in [2.75, 3.05) is 19.0 Å². The predicted molar refractivity (Wildman–Crippen MR) is 68.7 cm³/mol. The van der Waals surface area contributed by atoms with Gasteiger partial charge in [-0.25, -0.2) is 19.2 Å². The number of benzene rings is 1. The van der Waals surface area contributed by atoms with Gasteiger partial charge < -0.3 is 10.0 Å². The highest BCUT2D eigenvalue weighted by Crippen LogP contribution is 2.25. The van der Waals surface area contributed by atoms with Gasteiger partial charge in [0, 0.05) is 25.9 Å². The quantitative estimate of drug-likeness (QED) is 0.915. The maximum absolute atomic E-state index is 13.8. The molecule has 2 aromatic rings. The molecule has 0 spiro atoms. The molecular formula is C13H12FN3O2. The maximum atomic E-state index is 13.8. The second kappa shape index (κ2) is 5.01. The van der Waals surface area contributed by atoms with Gasteiger partial charge in [0.1, 0.15) is 11.4 Å².